The zero-order chi connectivity index (χ0) is 21.2. The summed E-state index contributed by atoms with van der Waals surface area (Å²) in [6.45, 7) is 0. The van der Waals surface area contributed by atoms with Gasteiger partial charge in [-0.25, -0.2) is 0 Å². The van der Waals surface area contributed by atoms with Gasteiger partial charge in [-0.05, 0) is 77.9 Å². The van der Waals surface area contributed by atoms with Crippen molar-refractivity contribution in [2.75, 3.05) is 0 Å². The first kappa shape index (κ1) is 17.9. The third kappa shape index (κ3) is 2.61. The predicted octanol–water partition coefficient (Wildman–Crippen LogP) is 8.52. The molecule has 0 spiro atoms. The fourth-order valence-electron chi connectivity index (χ4n) is 5.49. The van der Waals surface area contributed by atoms with Crippen molar-refractivity contribution in [3.05, 3.63) is 78.4 Å². The first-order chi connectivity index (χ1) is 15.7. The van der Waals surface area contributed by atoms with Gasteiger partial charge in [0, 0.05) is 16.2 Å². The highest BCUT2D eigenvalue weighted by Gasteiger charge is 2.19. The number of aromatic hydroxyl groups is 1. The molecular weight excluding hydrogens is 396 g/mol. The van der Waals surface area contributed by atoms with Crippen molar-refractivity contribution >= 4 is 43.9 Å². The molecule has 3 heteroatoms. The first-order valence-corrected chi connectivity index (χ1v) is 11.4. The summed E-state index contributed by atoms with van der Waals surface area (Å²) < 4.78 is 12.2. The lowest BCUT2D eigenvalue weighted by Crippen LogP contribution is -1.90. The maximum absolute atomic E-state index is 10.8. The summed E-state index contributed by atoms with van der Waals surface area (Å²) in [4.78, 5) is 0. The van der Waals surface area contributed by atoms with Gasteiger partial charge in [-0.15, -0.1) is 0 Å². The van der Waals surface area contributed by atoms with Gasteiger partial charge in [0.1, 0.15) is 28.1 Å². The Morgan fingerprint density at radius 3 is 2.22 bits per heavy atom. The molecule has 32 heavy (non-hydrogen) atoms. The average molecular weight is 418 g/mol. The van der Waals surface area contributed by atoms with Crippen molar-refractivity contribution in [1.29, 1.82) is 0 Å². The van der Waals surface area contributed by atoms with Crippen LogP contribution in [0.2, 0.25) is 0 Å². The topological polar surface area (TPSA) is 46.5 Å². The van der Waals surface area contributed by atoms with Crippen LogP contribution in [0.15, 0.2) is 81.6 Å². The van der Waals surface area contributed by atoms with E-state index in [4.69, 9.17) is 8.83 Å². The number of benzene rings is 4. The number of hydrogen-bond donors (Lipinski definition) is 1. The number of fused-ring (bicyclic) bond motifs is 6. The Morgan fingerprint density at radius 2 is 1.34 bits per heavy atom. The molecular formula is C29H22O3. The number of phenolic OH excluding ortho intramolecular Hbond substituents is 1. The SMILES string of the molecule is Oc1cc(-c2ccc3oc4ccc(C5CCCC5)cc4c3c2)cc2oc3ccccc3c12. The Bertz CT molecular complexity index is 1640. The Hall–Kier alpha value is -3.72. The van der Waals surface area contributed by atoms with Crippen LogP contribution in [0.4, 0.5) is 0 Å². The van der Waals surface area contributed by atoms with Crippen LogP contribution in [0.3, 0.4) is 0 Å². The van der Waals surface area contributed by atoms with Crippen molar-refractivity contribution < 1.29 is 13.9 Å². The van der Waals surface area contributed by atoms with E-state index in [2.05, 4.69) is 24.3 Å². The molecule has 1 fully saturated rings. The largest absolute Gasteiger partial charge is 0.507 e. The lowest BCUT2D eigenvalue weighted by atomic mass is 9.95. The van der Waals surface area contributed by atoms with Crippen LogP contribution in [0.1, 0.15) is 37.2 Å². The summed E-state index contributed by atoms with van der Waals surface area (Å²) in [5.41, 5.74) is 6.68. The molecule has 0 radical (unpaired) electrons. The fraction of sp³-hybridized carbons (Fsp3) is 0.172. The van der Waals surface area contributed by atoms with Crippen molar-refractivity contribution in [1.82, 2.24) is 0 Å². The van der Waals surface area contributed by atoms with Crippen LogP contribution in [0.25, 0.3) is 55.0 Å². The van der Waals surface area contributed by atoms with Crippen LogP contribution >= 0.6 is 0 Å². The summed E-state index contributed by atoms with van der Waals surface area (Å²) in [6, 6.07) is 24.6. The number of hydrogen-bond acceptors (Lipinski definition) is 3. The Labute approximate surface area is 184 Å². The molecule has 3 nitrogen and oxygen atoms in total. The number of para-hydroxylation sites is 1. The van der Waals surface area contributed by atoms with Crippen LogP contribution in [-0.4, -0.2) is 5.11 Å². The lowest BCUT2D eigenvalue weighted by molar-refractivity contribution is 0.482. The smallest absolute Gasteiger partial charge is 0.139 e. The maximum atomic E-state index is 10.8. The Kier molecular flexibility index (Phi) is 3.71. The van der Waals surface area contributed by atoms with Gasteiger partial charge in [-0.1, -0.05) is 43.2 Å². The van der Waals surface area contributed by atoms with Crippen LogP contribution in [0, 0.1) is 0 Å². The molecule has 6 aromatic rings. The minimum atomic E-state index is 0.239. The van der Waals surface area contributed by atoms with E-state index in [0.717, 1.165) is 44.0 Å². The normalized spacial score (nSPS) is 15.0. The quantitative estimate of drug-likeness (QED) is 0.306. The minimum absolute atomic E-state index is 0.239. The van der Waals surface area contributed by atoms with Gasteiger partial charge in [-0.2, -0.15) is 0 Å². The van der Waals surface area contributed by atoms with Crippen molar-refractivity contribution in [2.24, 2.45) is 0 Å². The molecule has 4 aromatic carbocycles. The molecule has 0 bridgehead atoms. The van der Waals surface area contributed by atoms with E-state index in [0.29, 0.717) is 11.5 Å². The molecule has 0 aliphatic heterocycles. The van der Waals surface area contributed by atoms with E-state index in [-0.39, 0.29) is 5.75 Å². The zero-order valence-corrected chi connectivity index (χ0v) is 17.6. The molecule has 1 saturated carbocycles. The molecule has 1 aliphatic carbocycles. The second-order valence-electron chi connectivity index (χ2n) is 9.02. The summed E-state index contributed by atoms with van der Waals surface area (Å²) in [7, 11) is 0. The fourth-order valence-corrected chi connectivity index (χ4v) is 5.49. The second kappa shape index (κ2) is 6.64. The van der Waals surface area contributed by atoms with Gasteiger partial charge in [0.05, 0.1) is 5.39 Å². The van der Waals surface area contributed by atoms with Gasteiger partial charge >= 0.3 is 0 Å². The second-order valence-corrected chi connectivity index (χ2v) is 9.02. The molecule has 0 saturated heterocycles. The molecule has 0 unspecified atom stereocenters. The summed E-state index contributed by atoms with van der Waals surface area (Å²) in [5, 5.41) is 14.8. The number of furan rings is 2. The third-order valence-corrected chi connectivity index (χ3v) is 7.11. The third-order valence-electron chi connectivity index (χ3n) is 7.11. The molecule has 2 aromatic heterocycles. The minimum Gasteiger partial charge on any atom is -0.507 e. The van der Waals surface area contributed by atoms with E-state index in [9.17, 15) is 5.11 Å². The van der Waals surface area contributed by atoms with E-state index >= 15 is 0 Å². The van der Waals surface area contributed by atoms with Crippen LogP contribution < -0.4 is 0 Å². The van der Waals surface area contributed by atoms with Gasteiger partial charge in [-0.3, -0.25) is 0 Å². The molecule has 1 N–H and O–H groups in total. The van der Waals surface area contributed by atoms with E-state index in [1.165, 1.54) is 36.6 Å². The van der Waals surface area contributed by atoms with E-state index in [1.807, 2.05) is 48.5 Å². The van der Waals surface area contributed by atoms with E-state index in [1.54, 1.807) is 0 Å². The number of phenols is 1. The highest BCUT2D eigenvalue weighted by molar-refractivity contribution is 6.10. The first-order valence-electron chi connectivity index (χ1n) is 11.4. The predicted molar refractivity (Wildman–Crippen MR) is 129 cm³/mol. The molecule has 2 heterocycles. The summed E-state index contributed by atoms with van der Waals surface area (Å²) in [5.74, 6) is 0.906. The monoisotopic (exact) mass is 418 g/mol. The Balaban J connectivity index is 1.41. The average Bonchev–Trinajstić information content (AvgIpc) is 3.54. The van der Waals surface area contributed by atoms with Crippen LogP contribution in [0.5, 0.6) is 5.75 Å². The molecule has 0 amide bonds. The van der Waals surface area contributed by atoms with Gasteiger partial charge in [0.15, 0.2) is 0 Å². The summed E-state index contributed by atoms with van der Waals surface area (Å²) in [6.07, 6.45) is 5.21. The molecule has 7 rings (SSSR count). The highest BCUT2D eigenvalue weighted by atomic mass is 16.3. The standard InChI is InChI=1S/C29H22O3/c30-24-15-20(16-28-29(24)21-7-3-4-8-25(21)32-28)19-10-12-27-23(14-19)22-13-18(9-11-26(22)31-27)17-5-1-2-6-17/h3-4,7-17,30H,1-2,5-6H2. The van der Waals surface area contributed by atoms with Gasteiger partial charge < -0.3 is 13.9 Å². The highest BCUT2D eigenvalue weighted by Crippen LogP contribution is 2.41. The zero-order valence-electron chi connectivity index (χ0n) is 17.6. The van der Waals surface area contributed by atoms with Gasteiger partial charge in [0.25, 0.3) is 0 Å². The lowest BCUT2D eigenvalue weighted by Gasteiger charge is -2.09. The van der Waals surface area contributed by atoms with Crippen LogP contribution in [-0.2, 0) is 0 Å². The van der Waals surface area contributed by atoms with Gasteiger partial charge in [0.2, 0.25) is 0 Å². The maximum Gasteiger partial charge on any atom is 0.139 e. The van der Waals surface area contributed by atoms with Crippen molar-refractivity contribution in [2.45, 2.75) is 31.6 Å². The summed E-state index contributed by atoms with van der Waals surface area (Å²) >= 11 is 0. The van der Waals surface area contributed by atoms with Crippen molar-refractivity contribution in [3.8, 4) is 16.9 Å². The molecule has 1 aliphatic rings. The van der Waals surface area contributed by atoms with Crippen molar-refractivity contribution in [3.63, 3.8) is 0 Å². The Morgan fingerprint density at radius 1 is 0.625 bits per heavy atom. The number of rotatable bonds is 2. The molecule has 156 valence electrons. The van der Waals surface area contributed by atoms with E-state index < -0.39 is 0 Å². The molecule has 0 atom stereocenters.